The van der Waals surface area contributed by atoms with Crippen molar-refractivity contribution >= 4 is 22.5 Å². The van der Waals surface area contributed by atoms with Gasteiger partial charge in [0.1, 0.15) is 11.6 Å². The van der Waals surface area contributed by atoms with Crippen molar-refractivity contribution in [1.29, 1.82) is 0 Å². The number of nitrogens with one attached hydrogen (secondary N) is 1. The molecule has 1 N–H and O–H groups in total. The number of benzene rings is 2. The Hall–Kier alpha value is -4.45. The summed E-state index contributed by atoms with van der Waals surface area (Å²) in [6.45, 7) is 2.10. The van der Waals surface area contributed by atoms with Gasteiger partial charge in [0.25, 0.3) is 0 Å². The third-order valence-electron chi connectivity index (χ3n) is 5.48. The average molecular weight is 446 g/mol. The van der Waals surface area contributed by atoms with E-state index in [2.05, 4.69) is 33.5 Å². The number of aromatic nitrogens is 4. The lowest BCUT2D eigenvalue weighted by Gasteiger charge is -2.14. The molecule has 3 heterocycles. The second-order valence-corrected chi connectivity index (χ2v) is 8.10. The minimum absolute atomic E-state index is 0.0867. The molecule has 34 heavy (non-hydrogen) atoms. The lowest BCUT2D eigenvalue weighted by atomic mass is 10.0. The van der Waals surface area contributed by atoms with E-state index in [0.29, 0.717) is 18.8 Å². The number of Topliss-reactive ketones (excluding diaryl/α,β-unsaturated/α-hetero) is 1. The molecule has 0 aliphatic rings. The van der Waals surface area contributed by atoms with Crippen molar-refractivity contribution in [2.24, 2.45) is 0 Å². The first-order valence-electron chi connectivity index (χ1n) is 11.1. The maximum absolute atomic E-state index is 11.6. The van der Waals surface area contributed by atoms with Gasteiger partial charge in [-0.05, 0) is 47.9 Å². The lowest BCUT2D eigenvalue weighted by molar-refractivity contribution is -0.116. The number of ketones is 1. The molecule has 0 saturated carbocycles. The summed E-state index contributed by atoms with van der Waals surface area (Å²) < 4.78 is 0. The molecule has 0 aliphatic carbocycles. The number of nitrogens with zero attached hydrogens (tertiary/aromatic N) is 4. The van der Waals surface area contributed by atoms with E-state index < -0.39 is 0 Å². The van der Waals surface area contributed by atoms with Gasteiger partial charge in [-0.2, -0.15) is 0 Å². The van der Waals surface area contributed by atoms with Gasteiger partial charge in [-0.1, -0.05) is 48.5 Å². The third kappa shape index (κ3) is 4.66. The fourth-order valence-corrected chi connectivity index (χ4v) is 3.97. The van der Waals surface area contributed by atoms with Crippen LogP contribution in [0.2, 0.25) is 0 Å². The molecule has 0 bridgehead atoms. The highest BCUT2D eigenvalue weighted by Gasteiger charge is 2.15. The number of hydrogen-bond donors (Lipinski definition) is 1. The largest absolute Gasteiger partial charge is 0.364 e. The Kier molecular flexibility index (Phi) is 6.03. The molecule has 0 fully saturated rings. The number of hydrogen-bond acceptors (Lipinski definition) is 6. The van der Waals surface area contributed by atoms with Crippen LogP contribution in [0.1, 0.15) is 18.2 Å². The molecule has 5 rings (SSSR count). The molecule has 6 heteroatoms. The molecule has 6 nitrogen and oxygen atoms in total. The van der Waals surface area contributed by atoms with Gasteiger partial charge in [0.05, 0.1) is 23.1 Å². The quantitative estimate of drug-likeness (QED) is 0.356. The van der Waals surface area contributed by atoms with Crippen LogP contribution >= 0.6 is 0 Å². The van der Waals surface area contributed by atoms with E-state index in [1.54, 1.807) is 25.5 Å². The highest BCUT2D eigenvalue weighted by atomic mass is 16.1. The fourth-order valence-electron chi connectivity index (χ4n) is 3.97. The van der Waals surface area contributed by atoms with Crippen molar-refractivity contribution in [1.82, 2.24) is 19.9 Å². The van der Waals surface area contributed by atoms with Crippen LogP contribution in [0.15, 0.2) is 91.4 Å². The molecule has 0 radical (unpaired) electrons. The Bertz CT molecular complexity index is 1450. The molecule has 0 atom stereocenters. The standard InChI is InChI=1S/C28H23N5O/c1-19(34)14-20-15-22(17-29-16-20)27-32-25-12-7-11-24(21-8-3-2-4-9-21)26(25)28(33-27)31-18-23-10-5-6-13-30-23/h2-13,15-17H,14,18H2,1H3,(H,31,32,33). The second-order valence-electron chi connectivity index (χ2n) is 8.10. The van der Waals surface area contributed by atoms with Crippen molar-refractivity contribution in [2.75, 3.05) is 5.32 Å². The maximum atomic E-state index is 11.6. The Balaban J connectivity index is 1.65. The van der Waals surface area contributed by atoms with E-state index >= 15 is 0 Å². The van der Waals surface area contributed by atoms with Gasteiger partial charge in [0.15, 0.2) is 5.82 Å². The molecule has 0 amide bonds. The summed E-state index contributed by atoms with van der Waals surface area (Å²) in [7, 11) is 0. The zero-order chi connectivity index (χ0) is 23.3. The van der Waals surface area contributed by atoms with Crippen LogP contribution in [-0.2, 0) is 17.8 Å². The van der Waals surface area contributed by atoms with E-state index in [0.717, 1.165) is 44.7 Å². The summed E-state index contributed by atoms with van der Waals surface area (Å²) in [5.74, 6) is 1.37. The van der Waals surface area contributed by atoms with Gasteiger partial charge >= 0.3 is 0 Å². The van der Waals surface area contributed by atoms with E-state index in [-0.39, 0.29) is 5.78 Å². The summed E-state index contributed by atoms with van der Waals surface area (Å²) >= 11 is 0. The minimum Gasteiger partial charge on any atom is -0.364 e. The maximum Gasteiger partial charge on any atom is 0.163 e. The van der Waals surface area contributed by atoms with Gasteiger partial charge in [-0.15, -0.1) is 0 Å². The summed E-state index contributed by atoms with van der Waals surface area (Å²) in [5.41, 5.74) is 5.50. The first-order valence-corrected chi connectivity index (χ1v) is 11.1. The lowest BCUT2D eigenvalue weighted by Crippen LogP contribution is -2.06. The Morgan fingerprint density at radius 1 is 0.882 bits per heavy atom. The fraction of sp³-hybridized carbons (Fsp3) is 0.107. The van der Waals surface area contributed by atoms with Crippen LogP contribution in [-0.4, -0.2) is 25.7 Å². The number of carbonyl (C=O) groups is 1. The number of anilines is 1. The predicted octanol–water partition coefficient (Wildman–Crippen LogP) is 5.50. The van der Waals surface area contributed by atoms with Crippen LogP contribution < -0.4 is 5.32 Å². The van der Waals surface area contributed by atoms with Gasteiger partial charge in [0.2, 0.25) is 0 Å². The smallest absolute Gasteiger partial charge is 0.163 e. The van der Waals surface area contributed by atoms with Crippen molar-refractivity contribution in [3.05, 3.63) is 103 Å². The molecule has 0 saturated heterocycles. The zero-order valence-electron chi connectivity index (χ0n) is 18.8. The van der Waals surface area contributed by atoms with Gasteiger partial charge < -0.3 is 5.32 Å². The summed E-state index contributed by atoms with van der Waals surface area (Å²) in [6.07, 6.45) is 5.55. The van der Waals surface area contributed by atoms with Crippen molar-refractivity contribution in [3.8, 4) is 22.5 Å². The monoisotopic (exact) mass is 445 g/mol. The number of pyridine rings is 2. The highest BCUT2D eigenvalue weighted by molar-refractivity contribution is 6.02. The number of carbonyl (C=O) groups excluding carboxylic acids is 1. The molecular formula is C28H23N5O. The van der Waals surface area contributed by atoms with Crippen molar-refractivity contribution < 1.29 is 4.79 Å². The van der Waals surface area contributed by atoms with Crippen LogP contribution in [0, 0.1) is 0 Å². The van der Waals surface area contributed by atoms with Crippen LogP contribution in [0.4, 0.5) is 5.82 Å². The molecule has 166 valence electrons. The van der Waals surface area contributed by atoms with Gasteiger partial charge in [0, 0.05) is 30.6 Å². The zero-order valence-corrected chi connectivity index (χ0v) is 18.8. The van der Waals surface area contributed by atoms with Gasteiger partial charge in [-0.25, -0.2) is 9.97 Å². The van der Waals surface area contributed by atoms with E-state index in [1.807, 2.05) is 54.6 Å². The predicted molar refractivity (Wildman–Crippen MR) is 134 cm³/mol. The van der Waals surface area contributed by atoms with E-state index in [1.165, 1.54) is 0 Å². The topological polar surface area (TPSA) is 80.7 Å². The summed E-state index contributed by atoms with van der Waals surface area (Å²) in [6, 6.07) is 24.1. The van der Waals surface area contributed by atoms with Crippen molar-refractivity contribution in [3.63, 3.8) is 0 Å². The first-order chi connectivity index (χ1) is 16.7. The van der Waals surface area contributed by atoms with Crippen LogP contribution in [0.3, 0.4) is 0 Å². The molecule has 0 spiro atoms. The van der Waals surface area contributed by atoms with E-state index in [9.17, 15) is 4.79 Å². The number of rotatable bonds is 7. The molecule has 3 aromatic heterocycles. The SMILES string of the molecule is CC(=O)Cc1cncc(-c2nc(NCc3ccccn3)c3c(-c4ccccc4)cccc3n2)c1. The first kappa shape index (κ1) is 21.4. The molecular weight excluding hydrogens is 422 g/mol. The average Bonchev–Trinajstić information content (AvgIpc) is 2.87. The Labute approximate surface area is 197 Å². The van der Waals surface area contributed by atoms with Gasteiger partial charge in [-0.3, -0.25) is 14.8 Å². The summed E-state index contributed by atoms with van der Waals surface area (Å²) in [5, 5.41) is 4.43. The molecule has 0 unspecified atom stereocenters. The second kappa shape index (κ2) is 9.58. The van der Waals surface area contributed by atoms with Crippen LogP contribution in [0.5, 0.6) is 0 Å². The number of fused-ring (bicyclic) bond motifs is 1. The highest BCUT2D eigenvalue weighted by Crippen LogP contribution is 2.34. The van der Waals surface area contributed by atoms with Crippen molar-refractivity contribution in [2.45, 2.75) is 19.9 Å². The Morgan fingerprint density at radius 3 is 2.53 bits per heavy atom. The van der Waals surface area contributed by atoms with Crippen LogP contribution in [0.25, 0.3) is 33.4 Å². The third-order valence-corrected chi connectivity index (χ3v) is 5.48. The molecule has 0 aliphatic heterocycles. The Morgan fingerprint density at radius 2 is 1.74 bits per heavy atom. The summed E-state index contributed by atoms with van der Waals surface area (Å²) in [4.78, 5) is 30.1. The molecule has 2 aromatic carbocycles. The minimum atomic E-state index is 0.0867. The molecule has 5 aromatic rings. The van der Waals surface area contributed by atoms with E-state index in [4.69, 9.17) is 9.97 Å². The normalized spacial score (nSPS) is 10.9.